The monoisotopic (exact) mass is 399 g/mol. The van der Waals surface area contributed by atoms with Crippen LogP contribution in [0.1, 0.15) is 41.5 Å². The lowest BCUT2D eigenvalue weighted by molar-refractivity contribution is -0.143. The standard InChI is InChI=1S/C21H22FN3O4/c1-4-5-9-23-19(27)20(28)24(21(23)29)12-18(26)17-10-13(2)25(14(17)3)16-8-6-7-15(22)11-16/h6-8,10-11H,4-5,9,12H2,1-3H3. The van der Waals surface area contributed by atoms with Crippen LogP contribution in [0.5, 0.6) is 0 Å². The third kappa shape index (κ3) is 3.70. The number of Topliss-reactive ketones (excluding diaryl/α,β-unsaturated/α-hetero) is 1. The largest absolute Gasteiger partial charge is 0.334 e. The number of rotatable bonds is 7. The SMILES string of the molecule is CCCCN1C(=O)C(=O)N(CC(=O)c2cc(C)n(-c3cccc(F)c3)c2C)C1=O. The van der Waals surface area contributed by atoms with E-state index in [1.54, 1.807) is 36.6 Å². The molecule has 152 valence electrons. The number of ketones is 1. The zero-order chi connectivity index (χ0) is 21.3. The van der Waals surface area contributed by atoms with E-state index in [9.17, 15) is 23.6 Å². The molecule has 7 nitrogen and oxygen atoms in total. The lowest BCUT2D eigenvalue weighted by atomic mass is 10.1. The van der Waals surface area contributed by atoms with Crippen molar-refractivity contribution in [2.45, 2.75) is 33.6 Å². The van der Waals surface area contributed by atoms with E-state index in [0.29, 0.717) is 34.0 Å². The maximum Gasteiger partial charge on any atom is 0.334 e. The fourth-order valence-electron chi connectivity index (χ4n) is 3.49. The maximum absolute atomic E-state index is 13.6. The fraction of sp³-hybridized carbons (Fsp3) is 0.333. The van der Waals surface area contributed by atoms with E-state index in [4.69, 9.17) is 0 Å². The van der Waals surface area contributed by atoms with E-state index in [-0.39, 0.29) is 6.54 Å². The number of urea groups is 1. The van der Waals surface area contributed by atoms with Gasteiger partial charge < -0.3 is 4.57 Å². The number of hydrogen-bond acceptors (Lipinski definition) is 4. The van der Waals surface area contributed by atoms with Crippen LogP contribution in [0.25, 0.3) is 5.69 Å². The first kappa shape index (κ1) is 20.4. The summed E-state index contributed by atoms with van der Waals surface area (Å²) in [6.45, 7) is 5.02. The summed E-state index contributed by atoms with van der Waals surface area (Å²) in [6, 6.07) is 6.84. The molecule has 0 bridgehead atoms. The first-order valence-corrected chi connectivity index (χ1v) is 9.41. The Bertz CT molecular complexity index is 1010. The predicted octanol–water partition coefficient (Wildman–Crippen LogP) is 3.01. The number of imide groups is 2. The molecule has 1 saturated heterocycles. The van der Waals surface area contributed by atoms with Crippen LogP contribution in [-0.2, 0) is 9.59 Å². The van der Waals surface area contributed by atoms with Crippen LogP contribution in [0.3, 0.4) is 0 Å². The van der Waals surface area contributed by atoms with Crippen LogP contribution in [0.15, 0.2) is 30.3 Å². The molecule has 0 saturated carbocycles. The summed E-state index contributed by atoms with van der Waals surface area (Å²) in [5, 5.41) is 0. The topological polar surface area (TPSA) is 79.7 Å². The van der Waals surface area contributed by atoms with Crippen LogP contribution in [0.4, 0.5) is 9.18 Å². The van der Waals surface area contributed by atoms with E-state index in [0.717, 1.165) is 11.3 Å². The minimum Gasteiger partial charge on any atom is -0.318 e. The van der Waals surface area contributed by atoms with Crippen LogP contribution in [-0.4, -0.2) is 51.1 Å². The summed E-state index contributed by atoms with van der Waals surface area (Å²) in [4.78, 5) is 51.1. The van der Waals surface area contributed by atoms with Crippen LogP contribution in [0.2, 0.25) is 0 Å². The Kier molecular flexibility index (Phi) is 5.63. The van der Waals surface area contributed by atoms with Crippen LogP contribution in [0, 0.1) is 19.7 Å². The molecule has 0 radical (unpaired) electrons. The summed E-state index contributed by atoms with van der Waals surface area (Å²) in [7, 11) is 0. The summed E-state index contributed by atoms with van der Waals surface area (Å²) in [6.07, 6.45) is 1.34. The van der Waals surface area contributed by atoms with Gasteiger partial charge in [-0.25, -0.2) is 14.1 Å². The molecule has 0 unspecified atom stereocenters. The van der Waals surface area contributed by atoms with Crippen molar-refractivity contribution in [3.8, 4) is 5.69 Å². The number of aryl methyl sites for hydroxylation is 1. The van der Waals surface area contributed by atoms with Crippen molar-refractivity contribution in [1.29, 1.82) is 0 Å². The number of benzene rings is 1. The van der Waals surface area contributed by atoms with Gasteiger partial charge in [0.2, 0.25) is 0 Å². The highest BCUT2D eigenvalue weighted by molar-refractivity contribution is 6.45. The molecular weight excluding hydrogens is 377 g/mol. The normalized spacial score (nSPS) is 14.3. The Hall–Kier alpha value is -3.29. The molecule has 1 aromatic heterocycles. The number of hydrogen-bond donors (Lipinski definition) is 0. The molecule has 0 aliphatic carbocycles. The molecule has 8 heteroatoms. The third-order valence-corrected chi connectivity index (χ3v) is 4.97. The number of nitrogens with zero attached hydrogens (tertiary/aromatic N) is 3. The first-order valence-electron chi connectivity index (χ1n) is 9.41. The molecule has 0 atom stereocenters. The Morgan fingerprint density at radius 3 is 2.38 bits per heavy atom. The van der Waals surface area contributed by atoms with E-state index >= 15 is 0 Å². The van der Waals surface area contributed by atoms with Crippen molar-refractivity contribution in [1.82, 2.24) is 14.4 Å². The molecule has 29 heavy (non-hydrogen) atoms. The zero-order valence-electron chi connectivity index (χ0n) is 16.6. The number of unbranched alkanes of at least 4 members (excludes halogenated alkanes) is 1. The van der Waals surface area contributed by atoms with Gasteiger partial charge >= 0.3 is 17.8 Å². The second-order valence-corrected chi connectivity index (χ2v) is 7.01. The Morgan fingerprint density at radius 2 is 1.72 bits per heavy atom. The van der Waals surface area contributed by atoms with Gasteiger partial charge in [-0.2, -0.15) is 0 Å². The second-order valence-electron chi connectivity index (χ2n) is 7.01. The molecular formula is C21H22FN3O4. The Labute approximate surface area is 167 Å². The molecule has 1 aliphatic rings. The Morgan fingerprint density at radius 1 is 1.03 bits per heavy atom. The fourth-order valence-corrected chi connectivity index (χ4v) is 3.49. The molecule has 1 fully saturated rings. The number of amides is 4. The van der Waals surface area contributed by atoms with Gasteiger partial charge in [0.15, 0.2) is 5.78 Å². The molecule has 0 spiro atoms. The van der Waals surface area contributed by atoms with Gasteiger partial charge in [-0.15, -0.1) is 0 Å². The van der Waals surface area contributed by atoms with Crippen LogP contribution < -0.4 is 0 Å². The van der Waals surface area contributed by atoms with Gasteiger partial charge in [-0.1, -0.05) is 19.4 Å². The van der Waals surface area contributed by atoms with E-state index in [1.165, 1.54) is 12.1 Å². The van der Waals surface area contributed by atoms with Crippen molar-refractivity contribution in [2.75, 3.05) is 13.1 Å². The van der Waals surface area contributed by atoms with E-state index in [2.05, 4.69) is 0 Å². The van der Waals surface area contributed by atoms with Crippen molar-refractivity contribution >= 4 is 23.6 Å². The smallest absolute Gasteiger partial charge is 0.318 e. The highest BCUT2D eigenvalue weighted by Crippen LogP contribution is 2.23. The highest BCUT2D eigenvalue weighted by Gasteiger charge is 2.44. The first-order chi connectivity index (χ1) is 13.8. The minimum atomic E-state index is -0.988. The minimum absolute atomic E-state index is 0.151. The van der Waals surface area contributed by atoms with Gasteiger partial charge in [-0.3, -0.25) is 19.3 Å². The van der Waals surface area contributed by atoms with Crippen LogP contribution >= 0.6 is 0 Å². The van der Waals surface area contributed by atoms with Gasteiger partial charge in [0, 0.05) is 29.2 Å². The quantitative estimate of drug-likeness (QED) is 0.407. The number of halogens is 1. The van der Waals surface area contributed by atoms with Gasteiger partial charge in [-0.05, 0) is 44.5 Å². The number of carbonyl (C=O) groups is 4. The molecule has 1 aromatic carbocycles. The highest BCUT2D eigenvalue weighted by atomic mass is 19.1. The average Bonchev–Trinajstić information content (AvgIpc) is 3.08. The van der Waals surface area contributed by atoms with Gasteiger partial charge in [0.05, 0.1) is 6.54 Å². The van der Waals surface area contributed by atoms with Crippen molar-refractivity contribution in [2.24, 2.45) is 0 Å². The van der Waals surface area contributed by atoms with E-state index in [1.807, 2.05) is 6.92 Å². The maximum atomic E-state index is 13.6. The predicted molar refractivity (Wildman–Crippen MR) is 103 cm³/mol. The molecule has 2 heterocycles. The summed E-state index contributed by atoms with van der Waals surface area (Å²) >= 11 is 0. The van der Waals surface area contributed by atoms with Crippen molar-refractivity contribution in [3.63, 3.8) is 0 Å². The molecule has 1 aliphatic heterocycles. The van der Waals surface area contributed by atoms with Crippen molar-refractivity contribution in [3.05, 3.63) is 53.1 Å². The molecule has 2 aromatic rings. The Balaban J connectivity index is 1.85. The van der Waals surface area contributed by atoms with Gasteiger partial charge in [0.25, 0.3) is 0 Å². The molecule has 3 rings (SSSR count). The second kappa shape index (κ2) is 7.98. The van der Waals surface area contributed by atoms with Gasteiger partial charge in [0.1, 0.15) is 5.82 Å². The molecule has 0 N–H and O–H groups in total. The summed E-state index contributed by atoms with van der Waals surface area (Å²) in [5.41, 5.74) is 2.14. The average molecular weight is 399 g/mol. The number of aromatic nitrogens is 1. The lowest BCUT2D eigenvalue weighted by Gasteiger charge is -2.15. The van der Waals surface area contributed by atoms with E-state index < -0.39 is 36.0 Å². The van der Waals surface area contributed by atoms with Crippen molar-refractivity contribution < 1.29 is 23.6 Å². The third-order valence-electron chi connectivity index (χ3n) is 4.97. The zero-order valence-corrected chi connectivity index (χ0v) is 16.6. The number of carbonyl (C=O) groups excluding carboxylic acids is 4. The molecule has 4 amide bonds. The lowest BCUT2D eigenvalue weighted by Crippen LogP contribution is -2.37. The summed E-state index contributed by atoms with van der Waals surface area (Å²) < 4.78 is 15.3. The summed E-state index contributed by atoms with van der Waals surface area (Å²) in [5.74, 6) is -2.76.